The molecule has 0 heterocycles. The predicted molar refractivity (Wildman–Crippen MR) is 98.5 cm³/mol. The van der Waals surface area contributed by atoms with Crippen LogP contribution in [0.2, 0.25) is 0 Å². The number of nitrogens with two attached hydrogens (primary N) is 1. The Morgan fingerprint density at radius 2 is 1.52 bits per heavy atom. The molecule has 0 aromatic heterocycles. The van der Waals surface area contributed by atoms with Crippen molar-refractivity contribution in [1.29, 1.82) is 0 Å². The van der Waals surface area contributed by atoms with E-state index >= 15 is 0 Å². The van der Waals surface area contributed by atoms with Gasteiger partial charge in [-0.05, 0) is 18.8 Å². The van der Waals surface area contributed by atoms with E-state index in [2.05, 4.69) is 16.0 Å². The summed E-state index contributed by atoms with van der Waals surface area (Å²) < 4.78 is 0. The number of carboxylic acid groups (broad SMARTS) is 1. The average Bonchev–Trinajstić information content (AvgIpc) is 2.59. The van der Waals surface area contributed by atoms with Gasteiger partial charge in [0.15, 0.2) is 0 Å². The Morgan fingerprint density at radius 3 is 1.93 bits per heavy atom. The summed E-state index contributed by atoms with van der Waals surface area (Å²) >= 11 is 0. The van der Waals surface area contributed by atoms with Crippen LogP contribution in [0, 0.1) is 11.8 Å². The van der Waals surface area contributed by atoms with Crippen molar-refractivity contribution in [3.8, 4) is 0 Å². The lowest BCUT2D eigenvalue weighted by Gasteiger charge is -2.26. The highest BCUT2D eigenvalue weighted by molar-refractivity contribution is 5.92. The zero-order valence-corrected chi connectivity index (χ0v) is 16.5. The van der Waals surface area contributed by atoms with E-state index in [0.717, 1.165) is 0 Å². The second kappa shape index (κ2) is 11.5. The van der Waals surface area contributed by atoms with Gasteiger partial charge in [0.1, 0.15) is 18.1 Å². The fourth-order valence-electron chi connectivity index (χ4n) is 2.19. The van der Waals surface area contributed by atoms with Crippen LogP contribution in [0.4, 0.5) is 0 Å². The Hall–Kier alpha value is -2.20. The van der Waals surface area contributed by atoms with Gasteiger partial charge >= 0.3 is 5.97 Å². The largest absolute Gasteiger partial charge is 0.480 e. The molecule has 0 radical (unpaired) electrons. The second-order valence-corrected chi connectivity index (χ2v) is 6.98. The highest BCUT2D eigenvalue weighted by Crippen LogP contribution is 2.10. The highest BCUT2D eigenvalue weighted by Gasteiger charge is 2.31. The van der Waals surface area contributed by atoms with Gasteiger partial charge in [-0.3, -0.25) is 14.4 Å². The summed E-state index contributed by atoms with van der Waals surface area (Å²) in [7, 11) is 0. The fraction of sp³-hybridized carbons (Fsp3) is 0.765. The lowest BCUT2D eigenvalue weighted by atomic mass is 9.96. The van der Waals surface area contributed by atoms with Crippen molar-refractivity contribution >= 4 is 23.7 Å². The molecule has 0 bridgehead atoms. The predicted octanol–water partition coefficient (Wildman–Crippen LogP) is -1.43. The number of rotatable bonds is 11. The smallest absolute Gasteiger partial charge is 0.326 e. The second-order valence-electron chi connectivity index (χ2n) is 6.98. The minimum atomic E-state index is -1.17. The maximum absolute atomic E-state index is 12.5. The van der Waals surface area contributed by atoms with Crippen LogP contribution in [-0.4, -0.2) is 64.7 Å². The summed E-state index contributed by atoms with van der Waals surface area (Å²) in [5.74, 6) is -3.68. The van der Waals surface area contributed by atoms with Gasteiger partial charge in [0, 0.05) is 0 Å². The average molecular weight is 388 g/mol. The van der Waals surface area contributed by atoms with E-state index in [9.17, 15) is 29.4 Å². The Morgan fingerprint density at radius 1 is 0.963 bits per heavy atom. The summed E-state index contributed by atoms with van der Waals surface area (Å²) in [6.07, 6.45) is -0.507. The highest BCUT2D eigenvalue weighted by atomic mass is 16.4. The molecule has 0 rings (SSSR count). The van der Waals surface area contributed by atoms with Gasteiger partial charge in [-0.1, -0.05) is 34.1 Å². The van der Waals surface area contributed by atoms with E-state index in [0.29, 0.717) is 6.42 Å². The van der Waals surface area contributed by atoms with E-state index in [1.54, 1.807) is 20.8 Å². The Bertz CT molecular complexity index is 538. The van der Waals surface area contributed by atoms with E-state index < -0.39 is 54.5 Å². The van der Waals surface area contributed by atoms with Gasteiger partial charge in [-0.25, -0.2) is 4.79 Å². The van der Waals surface area contributed by atoms with Crippen LogP contribution in [0.5, 0.6) is 0 Å². The molecule has 5 unspecified atom stereocenters. The molecule has 0 fully saturated rings. The number of nitrogens with one attached hydrogen (secondary N) is 3. The first-order chi connectivity index (χ1) is 12.4. The number of aliphatic hydroxyl groups excluding tert-OH is 1. The van der Waals surface area contributed by atoms with Crippen LogP contribution in [0.25, 0.3) is 0 Å². The van der Waals surface area contributed by atoms with Gasteiger partial charge in [0.05, 0.1) is 12.6 Å². The third-order valence-corrected chi connectivity index (χ3v) is 4.29. The first-order valence-electron chi connectivity index (χ1n) is 8.96. The quantitative estimate of drug-likeness (QED) is 0.252. The van der Waals surface area contributed by atoms with E-state index in [-0.39, 0.29) is 11.8 Å². The van der Waals surface area contributed by atoms with Gasteiger partial charge in [-0.2, -0.15) is 0 Å². The lowest BCUT2D eigenvalue weighted by Crippen LogP contribution is -2.57. The van der Waals surface area contributed by atoms with Crippen molar-refractivity contribution < 1.29 is 29.4 Å². The van der Waals surface area contributed by atoms with Crippen LogP contribution in [-0.2, 0) is 19.2 Å². The molecule has 7 N–H and O–H groups in total. The fourth-order valence-corrected chi connectivity index (χ4v) is 2.19. The number of carbonyl (C=O) groups excluding carboxylic acids is 3. The molecule has 3 amide bonds. The maximum atomic E-state index is 12.5. The lowest BCUT2D eigenvalue weighted by molar-refractivity contribution is -0.143. The van der Waals surface area contributed by atoms with Crippen molar-refractivity contribution in [3.05, 3.63) is 0 Å². The van der Waals surface area contributed by atoms with Crippen LogP contribution in [0.1, 0.15) is 41.0 Å². The normalized spacial score (nSPS) is 16.6. The summed E-state index contributed by atoms with van der Waals surface area (Å²) in [6.45, 7) is 7.83. The van der Waals surface area contributed by atoms with Gasteiger partial charge in [-0.15, -0.1) is 0 Å². The van der Waals surface area contributed by atoms with E-state index in [1.807, 2.05) is 6.92 Å². The maximum Gasteiger partial charge on any atom is 0.326 e. The summed E-state index contributed by atoms with van der Waals surface area (Å²) in [4.78, 5) is 47.6. The molecule has 0 aliphatic heterocycles. The number of amides is 3. The van der Waals surface area contributed by atoms with Crippen molar-refractivity contribution in [2.24, 2.45) is 17.6 Å². The molecule has 0 aliphatic carbocycles. The van der Waals surface area contributed by atoms with Crippen LogP contribution >= 0.6 is 0 Å². The summed E-state index contributed by atoms with van der Waals surface area (Å²) in [5.41, 5.74) is 5.46. The van der Waals surface area contributed by atoms with Crippen LogP contribution < -0.4 is 21.7 Å². The summed E-state index contributed by atoms with van der Waals surface area (Å²) in [5, 5.41) is 25.7. The van der Waals surface area contributed by atoms with Crippen LogP contribution in [0.15, 0.2) is 0 Å². The van der Waals surface area contributed by atoms with Gasteiger partial charge in [0.2, 0.25) is 17.7 Å². The molecule has 0 aliphatic rings. The molecule has 10 nitrogen and oxygen atoms in total. The van der Waals surface area contributed by atoms with Crippen molar-refractivity contribution in [3.63, 3.8) is 0 Å². The zero-order valence-electron chi connectivity index (χ0n) is 16.5. The Kier molecular flexibility index (Phi) is 10.6. The molecule has 5 atom stereocenters. The van der Waals surface area contributed by atoms with Crippen LogP contribution in [0.3, 0.4) is 0 Å². The van der Waals surface area contributed by atoms with E-state index in [4.69, 9.17) is 5.73 Å². The third kappa shape index (κ3) is 8.35. The van der Waals surface area contributed by atoms with Crippen molar-refractivity contribution in [2.45, 2.75) is 65.3 Å². The first-order valence-corrected chi connectivity index (χ1v) is 8.96. The van der Waals surface area contributed by atoms with Gasteiger partial charge in [0.25, 0.3) is 0 Å². The van der Waals surface area contributed by atoms with Crippen molar-refractivity contribution in [1.82, 2.24) is 16.0 Å². The monoisotopic (exact) mass is 388 g/mol. The molecule has 156 valence electrons. The number of hydrogen-bond donors (Lipinski definition) is 6. The molecule has 0 saturated heterocycles. The SMILES string of the molecule is CCC(C)C(NC(=O)CNC(=O)C(N)C(C)O)C(=O)NC(C(=O)O)C(C)C. The first kappa shape index (κ1) is 24.8. The van der Waals surface area contributed by atoms with Crippen molar-refractivity contribution in [2.75, 3.05) is 6.54 Å². The molecular weight excluding hydrogens is 356 g/mol. The minimum Gasteiger partial charge on any atom is -0.480 e. The Balaban J connectivity index is 4.96. The number of carbonyl (C=O) groups is 4. The number of aliphatic carboxylic acids is 1. The molecular formula is C17H32N4O6. The molecule has 0 aromatic rings. The Labute approximate surface area is 159 Å². The molecule has 0 saturated carbocycles. The minimum absolute atomic E-state index is 0.258. The molecule has 0 aromatic carbocycles. The summed E-state index contributed by atoms with van der Waals surface area (Å²) in [6, 6.07) is -3.20. The molecule has 10 heteroatoms. The number of carboxylic acids is 1. The topological polar surface area (TPSA) is 171 Å². The number of hydrogen-bond acceptors (Lipinski definition) is 6. The zero-order chi connectivity index (χ0) is 21.3. The van der Waals surface area contributed by atoms with Gasteiger partial charge < -0.3 is 31.9 Å². The third-order valence-electron chi connectivity index (χ3n) is 4.29. The molecule has 27 heavy (non-hydrogen) atoms. The van der Waals surface area contributed by atoms with E-state index in [1.165, 1.54) is 6.92 Å². The molecule has 0 spiro atoms. The number of aliphatic hydroxyl groups is 1. The standard InChI is InChI=1S/C17H32N4O6/c1-6-9(4)14(16(25)21-13(8(2)3)17(26)27)20-11(23)7-19-15(24)12(18)10(5)22/h8-10,12-14,22H,6-7,18H2,1-5H3,(H,19,24)(H,20,23)(H,21,25)(H,26,27).